The predicted molar refractivity (Wildman–Crippen MR) is 101 cm³/mol. The molecule has 0 bridgehead atoms. The summed E-state index contributed by atoms with van der Waals surface area (Å²) in [5, 5.41) is 6.50. The van der Waals surface area contributed by atoms with Crippen LogP contribution in [-0.2, 0) is 11.3 Å². The number of rotatable bonds is 10. The third-order valence-electron chi connectivity index (χ3n) is 5.04. The van der Waals surface area contributed by atoms with E-state index in [1.54, 1.807) is 26.3 Å². The number of halogens is 2. The third kappa shape index (κ3) is 6.23. The smallest absolute Gasteiger partial charge is 0.387 e. The van der Waals surface area contributed by atoms with Crippen molar-refractivity contribution < 1.29 is 23.0 Å². The van der Waals surface area contributed by atoms with Gasteiger partial charge in [-0.3, -0.25) is 4.99 Å². The van der Waals surface area contributed by atoms with Crippen LogP contribution >= 0.6 is 0 Å². The molecule has 2 N–H and O–H groups in total. The number of ether oxygens (including phenoxy) is 3. The first-order chi connectivity index (χ1) is 13.0. The number of aliphatic imine (C=N–C) groups is 1. The van der Waals surface area contributed by atoms with Crippen LogP contribution in [0.3, 0.4) is 0 Å². The minimum Gasteiger partial charge on any atom is -0.497 e. The summed E-state index contributed by atoms with van der Waals surface area (Å²) in [4.78, 5) is 4.22. The molecular weight excluding hydrogens is 356 g/mol. The lowest BCUT2D eigenvalue weighted by molar-refractivity contribution is -0.0505. The molecule has 1 aromatic carbocycles. The van der Waals surface area contributed by atoms with Crippen LogP contribution in [0.4, 0.5) is 8.78 Å². The van der Waals surface area contributed by atoms with Gasteiger partial charge in [0.05, 0.1) is 7.11 Å². The van der Waals surface area contributed by atoms with Gasteiger partial charge in [0, 0.05) is 39.4 Å². The first-order valence-corrected chi connectivity index (χ1v) is 9.07. The topological polar surface area (TPSA) is 64.1 Å². The quantitative estimate of drug-likeness (QED) is 0.478. The Morgan fingerprint density at radius 1 is 1.26 bits per heavy atom. The summed E-state index contributed by atoms with van der Waals surface area (Å²) < 4.78 is 40.2. The summed E-state index contributed by atoms with van der Waals surface area (Å²) in [6, 6.07) is 4.74. The van der Waals surface area contributed by atoms with Crippen LogP contribution in [0, 0.1) is 5.41 Å². The van der Waals surface area contributed by atoms with Crippen LogP contribution in [0.1, 0.15) is 31.2 Å². The number of hydrogen-bond donors (Lipinski definition) is 2. The molecule has 0 saturated heterocycles. The van der Waals surface area contributed by atoms with E-state index >= 15 is 0 Å². The molecule has 1 fully saturated rings. The van der Waals surface area contributed by atoms with Crippen molar-refractivity contribution in [3.63, 3.8) is 0 Å². The van der Waals surface area contributed by atoms with Gasteiger partial charge in [0.2, 0.25) is 0 Å². The van der Waals surface area contributed by atoms with Crippen molar-refractivity contribution in [2.24, 2.45) is 10.4 Å². The molecule has 8 heteroatoms. The fraction of sp³-hybridized carbons (Fsp3) is 0.632. The highest BCUT2D eigenvalue weighted by Gasteiger charge is 2.36. The zero-order valence-electron chi connectivity index (χ0n) is 16.2. The van der Waals surface area contributed by atoms with E-state index in [9.17, 15) is 8.78 Å². The molecule has 1 aliphatic rings. The maximum atomic E-state index is 12.6. The highest BCUT2D eigenvalue weighted by molar-refractivity contribution is 5.79. The minimum absolute atomic E-state index is 0.115. The molecule has 0 spiro atoms. The Labute approximate surface area is 159 Å². The average molecular weight is 385 g/mol. The summed E-state index contributed by atoms with van der Waals surface area (Å²) in [7, 11) is 4.92. The van der Waals surface area contributed by atoms with Gasteiger partial charge in [-0.2, -0.15) is 8.78 Å². The second-order valence-corrected chi connectivity index (χ2v) is 6.73. The lowest BCUT2D eigenvalue weighted by Crippen LogP contribution is -2.46. The van der Waals surface area contributed by atoms with Crippen molar-refractivity contribution in [1.82, 2.24) is 10.6 Å². The molecule has 27 heavy (non-hydrogen) atoms. The molecule has 6 nitrogen and oxygen atoms in total. The molecule has 1 aliphatic carbocycles. The summed E-state index contributed by atoms with van der Waals surface area (Å²) in [6.45, 7) is -1.06. The van der Waals surface area contributed by atoms with Gasteiger partial charge >= 0.3 is 6.61 Å². The largest absolute Gasteiger partial charge is 0.497 e. The molecule has 1 aromatic rings. The second-order valence-electron chi connectivity index (χ2n) is 6.73. The van der Waals surface area contributed by atoms with Crippen LogP contribution in [0.15, 0.2) is 23.2 Å². The fourth-order valence-electron chi connectivity index (χ4n) is 3.21. The van der Waals surface area contributed by atoms with Crippen molar-refractivity contribution in [2.75, 3.05) is 34.4 Å². The van der Waals surface area contributed by atoms with E-state index < -0.39 is 6.61 Å². The maximum absolute atomic E-state index is 12.6. The molecule has 0 heterocycles. The highest BCUT2D eigenvalue weighted by Crippen LogP contribution is 2.43. The fourth-order valence-corrected chi connectivity index (χ4v) is 3.21. The molecule has 0 amide bonds. The van der Waals surface area contributed by atoms with Gasteiger partial charge < -0.3 is 24.8 Å². The van der Waals surface area contributed by atoms with E-state index in [4.69, 9.17) is 9.47 Å². The van der Waals surface area contributed by atoms with Crippen molar-refractivity contribution in [1.29, 1.82) is 0 Å². The molecule has 0 unspecified atom stereocenters. The Balaban J connectivity index is 1.95. The van der Waals surface area contributed by atoms with E-state index in [1.165, 1.54) is 32.4 Å². The van der Waals surface area contributed by atoms with Gasteiger partial charge in [-0.1, -0.05) is 6.42 Å². The standard InChI is InChI=1S/C19H29F2N3O3/c1-22-18(24-13-19(7-4-8-19)9-10-25-2)23-12-14-11-15(26-3)5-6-16(14)27-17(20)21/h5-6,11,17H,4,7-10,12-13H2,1-3H3,(H2,22,23,24). The molecular formula is C19H29F2N3O3. The molecule has 2 rings (SSSR count). The molecule has 0 atom stereocenters. The van der Waals surface area contributed by atoms with Gasteiger partial charge in [-0.25, -0.2) is 0 Å². The van der Waals surface area contributed by atoms with E-state index in [0.717, 1.165) is 19.6 Å². The number of nitrogens with one attached hydrogen (secondary N) is 2. The average Bonchev–Trinajstić information content (AvgIpc) is 2.63. The summed E-state index contributed by atoms with van der Waals surface area (Å²) >= 11 is 0. The van der Waals surface area contributed by atoms with Gasteiger partial charge in [0.15, 0.2) is 5.96 Å². The molecule has 0 aliphatic heterocycles. The lowest BCUT2D eigenvalue weighted by Gasteiger charge is -2.42. The van der Waals surface area contributed by atoms with Crippen LogP contribution in [0.5, 0.6) is 11.5 Å². The van der Waals surface area contributed by atoms with E-state index in [1.807, 2.05) is 0 Å². The number of hydrogen-bond acceptors (Lipinski definition) is 4. The van der Waals surface area contributed by atoms with E-state index in [-0.39, 0.29) is 17.7 Å². The first-order valence-electron chi connectivity index (χ1n) is 9.07. The Morgan fingerprint density at radius 3 is 2.59 bits per heavy atom. The zero-order valence-corrected chi connectivity index (χ0v) is 16.2. The summed E-state index contributed by atoms with van der Waals surface area (Å²) in [5.74, 6) is 1.30. The third-order valence-corrected chi connectivity index (χ3v) is 5.04. The van der Waals surface area contributed by atoms with Crippen LogP contribution < -0.4 is 20.1 Å². The Hall–Kier alpha value is -2.09. The van der Waals surface area contributed by atoms with Crippen molar-refractivity contribution in [2.45, 2.75) is 38.8 Å². The summed E-state index contributed by atoms with van der Waals surface area (Å²) in [5.41, 5.74) is 0.809. The first kappa shape index (κ1) is 21.2. The number of guanidine groups is 1. The number of benzene rings is 1. The predicted octanol–water partition coefficient (Wildman–Crippen LogP) is 3.17. The van der Waals surface area contributed by atoms with Gasteiger partial charge in [-0.15, -0.1) is 0 Å². The normalized spacial score (nSPS) is 16.0. The Morgan fingerprint density at radius 2 is 2.04 bits per heavy atom. The van der Waals surface area contributed by atoms with Crippen molar-refractivity contribution in [3.05, 3.63) is 23.8 Å². The highest BCUT2D eigenvalue weighted by atomic mass is 19.3. The zero-order chi connectivity index (χ0) is 19.7. The van der Waals surface area contributed by atoms with Crippen LogP contribution in [0.25, 0.3) is 0 Å². The molecule has 1 saturated carbocycles. The number of alkyl halides is 2. The van der Waals surface area contributed by atoms with Crippen molar-refractivity contribution >= 4 is 5.96 Å². The van der Waals surface area contributed by atoms with Gasteiger partial charge in [0.25, 0.3) is 0 Å². The van der Waals surface area contributed by atoms with Gasteiger partial charge in [0.1, 0.15) is 11.5 Å². The molecule has 152 valence electrons. The van der Waals surface area contributed by atoms with E-state index in [2.05, 4.69) is 20.4 Å². The van der Waals surface area contributed by atoms with Crippen molar-refractivity contribution in [3.8, 4) is 11.5 Å². The molecule has 0 aromatic heterocycles. The molecule has 0 radical (unpaired) electrons. The SMILES string of the molecule is CN=C(NCc1cc(OC)ccc1OC(F)F)NCC1(CCOC)CCC1. The monoisotopic (exact) mass is 385 g/mol. The Kier molecular flexibility index (Phi) is 8.09. The second kappa shape index (κ2) is 10.3. The summed E-state index contributed by atoms with van der Waals surface area (Å²) in [6.07, 6.45) is 4.58. The van der Waals surface area contributed by atoms with Crippen LogP contribution in [-0.4, -0.2) is 47.0 Å². The number of nitrogens with zero attached hydrogens (tertiary/aromatic N) is 1. The van der Waals surface area contributed by atoms with E-state index in [0.29, 0.717) is 17.3 Å². The maximum Gasteiger partial charge on any atom is 0.387 e. The minimum atomic E-state index is -2.88. The van der Waals surface area contributed by atoms with Crippen LogP contribution in [0.2, 0.25) is 0 Å². The number of methoxy groups -OCH3 is 2. The van der Waals surface area contributed by atoms with Gasteiger partial charge in [-0.05, 0) is 42.9 Å². The Bertz CT molecular complexity index is 622. The lowest BCUT2D eigenvalue weighted by atomic mass is 9.67.